The van der Waals surface area contributed by atoms with Crippen molar-refractivity contribution in [1.29, 1.82) is 0 Å². The number of benzene rings is 1. The molecule has 0 bridgehead atoms. The third-order valence-electron chi connectivity index (χ3n) is 1.57. The van der Waals surface area contributed by atoms with E-state index in [1.807, 2.05) is 0 Å². The van der Waals surface area contributed by atoms with Crippen LogP contribution in [-0.2, 0) is 0 Å². The predicted molar refractivity (Wildman–Crippen MR) is 55.5 cm³/mol. The third-order valence-corrected chi connectivity index (χ3v) is 2.97. The van der Waals surface area contributed by atoms with Crippen molar-refractivity contribution in [1.82, 2.24) is 0 Å². The van der Waals surface area contributed by atoms with Crippen LogP contribution in [0.3, 0.4) is 0 Å². The quantitative estimate of drug-likeness (QED) is 0.777. The van der Waals surface area contributed by atoms with E-state index in [9.17, 15) is 0 Å². The molecule has 0 aliphatic heterocycles. The Hall–Kier alpha value is -0.225. The van der Waals surface area contributed by atoms with Crippen LogP contribution in [0.1, 0.15) is 0 Å². The zero-order valence-corrected chi connectivity index (χ0v) is 9.13. The van der Waals surface area contributed by atoms with E-state index in [-0.39, 0.29) is 5.46 Å². The van der Waals surface area contributed by atoms with Gasteiger partial charge in [0, 0.05) is 9.94 Å². The summed E-state index contributed by atoms with van der Waals surface area (Å²) < 4.78 is 5.37. The van der Waals surface area contributed by atoms with E-state index in [2.05, 4.69) is 15.9 Å². The smallest absolute Gasteiger partial charge is 0.493 e. The molecule has 1 aromatic carbocycles. The van der Waals surface area contributed by atoms with Crippen LogP contribution in [0.25, 0.3) is 0 Å². The molecule has 0 saturated heterocycles. The fraction of sp³-hybridized carbons (Fsp3) is 0.143. The van der Waals surface area contributed by atoms with Gasteiger partial charge >= 0.3 is 7.12 Å². The number of hydrogen-bond donors (Lipinski definition) is 2. The Kier molecular flexibility index (Phi) is 3.61. The van der Waals surface area contributed by atoms with Crippen molar-refractivity contribution < 1.29 is 14.8 Å². The lowest BCUT2D eigenvalue weighted by atomic mass is 9.79. The van der Waals surface area contributed by atoms with Crippen LogP contribution >= 0.6 is 27.5 Å². The van der Waals surface area contributed by atoms with Gasteiger partial charge < -0.3 is 14.8 Å². The molecular weight excluding hydrogens is 258 g/mol. The summed E-state index contributed by atoms with van der Waals surface area (Å²) in [7, 11) is -0.162. The van der Waals surface area contributed by atoms with Crippen LogP contribution in [0, 0.1) is 0 Å². The van der Waals surface area contributed by atoms with Gasteiger partial charge in [-0.25, -0.2) is 0 Å². The second-order valence-electron chi connectivity index (χ2n) is 2.35. The Morgan fingerprint density at radius 3 is 2.54 bits per heavy atom. The molecule has 13 heavy (non-hydrogen) atoms. The van der Waals surface area contributed by atoms with Crippen LogP contribution in [0.2, 0.25) is 5.02 Å². The van der Waals surface area contributed by atoms with Gasteiger partial charge in [0.15, 0.2) is 0 Å². The minimum absolute atomic E-state index is 0.231. The molecule has 6 heteroatoms. The summed E-state index contributed by atoms with van der Waals surface area (Å²) in [5.41, 5.74) is 0.231. The molecule has 3 nitrogen and oxygen atoms in total. The predicted octanol–water partition coefficient (Wildman–Crippen LogP) is 0.791. The molecule has 0 spiro atoms. The van der Waals surface area contributed by atoms with Gasteiger partial charge in [-0.3, -0.25) is 0 Å². The van der Waals surface area contributed by atoms with E-state index in [1.54, 1.807) is 12.1 Å². The largest absolute Gasteiger partial charge is 0.497 e. The molecule has 0 heterocycles. The maximum atomic E-state index is 9.03. The fourth-order valence-electron chi connectivity index (χ4n) is 0.967. The highest BCUT2D eigenvalue weighted by atomic mass is 79.9. The normalized spacial score (nSPS) is 9.92. The van der Waals surface area contributed by atoms with E-state index >= 15 is 0 Å². The molecule has 0 aliphatic rings. The molecule has 70 valence electrons. The van der Waals surface area contributed by atoms with Crippen molar-refractivity contribution in [3.8, 4) is 5.75 Å². The van der Waals surface area contributed by atoms with E-state index in [0.717, 1.165) is 0 Å². The first-order chi connectivity index (χ1) is 6.07. The minimum atomic E-state index is -1.61. The van der Waals surface area contributed by atoms with Gasteiger partial charge in [0.1, 0.15) is 5.75 Å². The highest BCUT2D eigenvalue weighted by molar-refractivity contribution is 9.10. The van der Waals surface area contributed by atoms with Crippen LogP contribution in [-0.4, -0.2) is 24.3 Å². The summed E-state index contributed by atoms with van der Waals surface area (Å²) in [4.78, 5) is 0. The molecule has 0 saturated carbocycles. The maximum Gasteiger partial charge on any atom is 0.493 e. The molecule has 0 amide bonds. The van der Waals surface area contributed by atoms with Crippen LogP contribution in [0.4, 0.5) is 0 Å². The summed E-state index contributed by atoms with van der Waals surface area (Å²) in [5, 5.41) is 18.5. The molecular formula is C7H7BBrClO3. The van der Waals surface area contributed by atoms with Gasteiger partial charge in [-0.05, 0) is 28.1 Å². The number of rotatable bonds is 2. The second-order valence-corrected chi connectivity index (χ2v) is 3.55. The molecule has 0 fully saturated rings. The van der Waals surface area contributed by atoms with Crippen LogP contribution < -0.4 is 10.2 Å². The van der Waals surface area contributed by atoms with Gasteiger partial charge in [0.05, 0.1) is 12.1 Å². The third kappa shape index (κ3) is 2.17. The number of halogens is 2. The summed E-state index contributed by atoms with van der Waals surface area (Å²) in [6.45, 7) is 0. The van der Waals surface area contributed by atoms with Crippen molar-refractivity contribution in [3.63, 3.8) is 0 Å². The van der Waals surface area contributed by atoms with Crippen molar-refractivity contribution in [2.75, 3.05) is 7.11 Å². The van der Waals surface area contributed by atoms with Crippen molar-refractivity contribution in [2.24, 2.45) is 0 Å². The zero-order valence-electron chi connectivity index (χ0n) is 6.79. The second kappa shape index (κ2) is 4.33. The number of methoxy groups -OCH3 is 1. The SMILES string of the molecule is COc1ccc(Cl)c(Br)c1B(O)O. The Balaban J connectivity index is 3.32. The highest BCUT2D eigenvalue weighted by Crippen LogP contribution is 2.24. The average molecular weight is 265 g/mol. The van der Waals surface area contributed by atoms with Crippen LogP contribution in [0.5, 0.6) is 5.75 Å². The number of hydrogen-bond acceptors (Lipinski definition) is 3. The standard InChI is InChI=1S/C7H7BBrClO3/c1-13-5-3-2-4(10)7(9)6(5)8(11)12/h2-3,11-12H,1H3. The first kappa shape index (κ1) is 10.9. The highest BCUT2D eigenvalue weighted by Gasteiger charge is 2.22. The monoisotopic (exact) mass is 264 g/mol. The van der Waals surface area contributed by atoms with E-state index in [0.29, 0.717) is 15.2 Å². The Morgan fingerprint density at radius 2 is 2.08 bits per heavy atom. The fourth-order valence-corrected chi connectivity index (χ4v) is 1.66. The Bertz CT molecular complexity index is 319. The Morgan fingerprint density at radius 1 is 1.46 bits per heavy atom. The van der Waals surface area contributed by atoms with Crippen LogP contribution in [0.15, 0.2) is 16.6 Å². The molecule has 0 radical (unpaired) electrons. The molecule has 0 aliphatic carbocycles. The van der Waals surface area contributed by atoms with Crippen molar-refractivity contribution >= 4 is 40.1 Å². The first-order valence-corrected chi connectivity index (χ1v) is 4.63. The summed E-state index contributed by atoms with van der Waals surface area (Å²) in [5.74, 6) is 0.381. The van der Waals surface area contributed by atoms with Gasteiger partial charge in [-0.1, -0.05) is 11.6 Å². The lowest BCUT2D eigenvalue weighted by Crippen LogP contribution is -2.32. The zero-order chi connectivity index (χ0) is 10.0. The summed E-state index contributed by atoms with van der Waals surface area (Å²) in [6, 6.07) is 3.18. The van der Waals surface area contributed by atoms with Gasteiger partial charge in [-0.15, -0.1) is 0 Å². The van der Waals surface area contributed by atoms with E-state index in [1.165, 1.54) is 7.11 Å². The summed E-state index contributed by atoms with van der Waals surface area (Å²) in [6.07, 6.45) is 0. The molecule has 2 N–H and O–H groups in total. The Labute approximate surface area is 89.6 Å². The van der Waals surface area contributed by atoms with Crippen molar-refractivity contribution in [2.45, 2.75) is 0 Å². The first-order valence-electron chi connectivity index (χ1n) is 3.46. The lowest BCUT2D eigenvalue weighted by Gasteiger charge is -2.10. The molecule has 1 aromatic rings. The number of ether oxygens (including phenoxy) is 1. The molecule has 0 aromatic heterocycles. The molecule has 0 atom stereocenters. The average Bonchev–Trinajstić information content (AvgIpc) is 2.08. The van der Waals surface area contributed by atoms with Crippen molar-refractivity contribution in [3.05, 3.63) is 21.6 Å². The molecule has 0 unspecified atom stereocenters. The van der Waals surface area contributed by atoms with Gasteiger partial charge in [-0.2, -0.15) is 0 Å². The minimum Gasteiger partial charge on any atom is -0.497 e. The maximum absolute atomic E-state index is 9.03. The lowest BCUT2D eigenvalue weighted by molar-refractivity contribution is 0.403. The van der Waals surface area contributed by atoms with E-state index < -0.39 is 7.12 Å². The van der Waals surface area contributed by atoms with Gasteiger partial charge in [0.2, 0.25) is 0 Å². The van der Waals surface area contributed by atoms with Gasteiger partial charge in [0.25, 0.3) is 0 Å². The topological polar surface area (TPSA) is 49.7 Å². The molecule has 1 rings (SSSR count). The van der Waals surface area contributed by atoms with E-state index in [4.69, 9.17) is 26.4 Å². The summed E-state index contributed by atoms with van der Waals surface area (Å²) >= 11 is 8.90.